The zero-order valence-electron chi connectivity index (χ0n) is 7.55. The van der Waals surface area contributed by atoms with Gasteiger partial charge in [0, 0.05) is 11.8 Å². The first-order chi connectivity index (χ1) is 6.99. The van der Waals surface area contributed by atoms with Crippen molar-refractivity contribution in [3.63, 3.8) is 0 Å². The van der Waals surface area contributed by atoms with Gasteiger partial charge in [0.25, 0.3) is 0 Å². The van der Waals surface area contributed by atoms with Crippen LogP contribution in [0.25, 0.3) is 0 Å². The van der Waals surface area contributed by atoms with E-state index in [4.69, 9.17) is 11.3 Å². The quantitative estimate of drug-likeness (QED) is 0.442. The van der Waals surface area contributed by atoms with Crippen LogP contribution in [-0.2, 0) is 6.18 Å². The van der Waals surface area contributed by atoms with E-state index in [2.05, 4.69) is 5.10 Å². The van der Waals surface area contributed by atoms with Crippen LogP contribution in [0.4, 0.5) is 13.2 Å². The van der Waals surface area contributed by atoms with Gasteiger partial charge in [-0.3, -0.25) is 0 Å². The monoisotopic (exact) mass is 215 g/mol. The molecule has 0 spiro atoms. The molecule has 1 aromatic carbocycles. The highest BCUT2D eigenvalue weighted by molar-refractivity contribution is 6.37. The number of hydrogen-bond acceptors (Lipinski definition) is 3. The Hall–Kier alpha value is -1.85. The van der Waals surface area contributed by atoms with Gasteiger partial charge in [-0.05, 0) is 12.1 Å². The van der Waals surface area contributed by atoms with Crippen LogP contribution in [0.1, 0.15) is 11.1 Å². The molecule has 0 saturated carbocycles. The van der Waals surface area contributed by atoms with E-state index in [0.717, 1.165) is 18.3 Å². The average Bonchev–Trinajstić information content (AvgIpc) is 2.19. The predicted octanol–water partition coefficient (Wildman–Crippen LogP) is 2.02. The zero-order valence-corrected chi connectivity index (χ0v) is 7.55. The van der Waals surface area contributed by atoms with Crippen LogP contribution in [0.15, 0.2) is 29.4 Å². The molecule has 3 nitrogen and oxygen atoms in total. The number of nitrogens with one attached hydrogen (secondary N) is 1. The van der Waals surface area contributed by atoms with Gasteiger partial charge in [0.1, 0.15) is 5.71 Å². The minimum atomic E-state index is -4.41. The fourth-order valence-electron chi connectivity index (χ4n) is 1.05. The maximum atomic E-state index is 12.3. The van der Waals surface area contributed by atoms with E-state index in [9.17, 15) is 13.2 Å². The van der Waals surface area contributed by atoms with Crippen molar-refractivity contribution >= 4 is 11.9 Å². The second kappa shape index (κ2) is 4.12. The minimum Gasteiger partial charge on any atom is -0.323 e. The molecular weight excluding hydrogens is 207 g/mol. The maximum Gasteiger partial charge on any atom is 0.416 e. The molecule has 0 unspecified atom stereocenters. The SMILES string of the molecule is N=C/C(=N\N)c1cccc(C(F)(F)F)c1. The van der Waals surface area contributed by atoms with Crippen LogP contribution in [-0.4, -0.2) is 11.9 Å². The topological polar surface area (TPSA) is 62.2 Å². The molecule has 3 N–H and O–H groups in total. The van der Waals surface area contributed by atoms with Crippen LogP contribution < -0.4 is 5.84 Å². The number of nitrogens with two attached hydrogens (primary N) is 1. The van der Waals surface area contributed by atoms with Crippen molar-refractivity contribution in [1.82, 2.24) is 0 Å². The molecule has 0 aromatic heterocycles. The molecule has 1 aromatic rings. The van der Waals surface area contributed by atoms with E-state index in [-0.39, 0.29) is 11.3 Å². The molecule has 0 heterocycles. The van der Waals surface area contributed by atoms with Gasteiger partial charge in [0.05, 0.1) is 5.56 Å². The molecule has 0 amide bonds. The zero-order chi connectivity index (χ0) is 11.5. The fraction of sp³-hybridized carbons (Fsp3) is 0.111. The van der Waals surface area contributed by atoms with E-state index < -0.39 is 11.7 Å². The summed E-state index contributed by atoms with van der Waals surface area (Å²) in [4.78, 5) is 0. The summed E-state index contributed by atoms with van der Waals surface area (Å²) in [5.74, 6) is 4.93. The Bertz CT molecular complexity index is 396. The van der Waals surface area contributed by atoms with Crippen LogP contribution in [0.3, 0.4) is 0 Å². The van der Waals surface area contributed by atoms with Crippen molar-refractivity contribution in [2.75, 3.05) is 0 Å². The molecule has 1 rings (SSSR count). The fourth-order valence-corrected chi connectivity index (χ4v) is 1.05. The van der Waals surface area contributed by atoms with Crippen LogP contribution >= 0.6 is 0 Å². The highest BCUT2D eigenvalue weighted by atomic mass is 19.4. The van der Waals surface area contributed by atoms with Gasteiger partial charge in [-0.15, -0.1) is 0 Å². The van der Waals surface area contributed by atoms with Gasteiger partial charge >= 0.3 is 6.18 Å². The lowest BCUT2D eigenvalue weighted by Gasteiger charge is -2.07. The van der Waals surface area contributed by atoms with E-state index >= 15 is 0 Å². The van der Waals surface area contributed by atoms with Crippen molar-refractivity contribution in [2.45, 2.75) is 6.18 Å². The van der Waals surface area contributed by atoms with Crippen molar-refractivity contribution in [3.8, 4) is 0 Å². The largest absolute Gasteiger partial charge is 0.416 e. The summed E-state index contributed by atoms with van der Waals surface area (Å²) in [6.45, 7) is 0. The Morgan fingerprint density at radius 3 is 2.53 bits per heavy atom. The number of hydrazone groups is 1. The number of nitrogens with zero attached hydrogens (tertiary/aromatic N) is 1. The van der Waals surface area contributed by atoms with E-state index in [1.54, 1.807) is 0 Å². The summed E-state index contributed by atoms with van der Waals surface area (Å²) in [7, 11) is 0. The first kappa shape index (κ1) is 11.2. The Morgan fingerprint density at radius 2 is 2.07 bits per heavy atom. The van der Waals surface area contributed by atoms with Crippen LogP contribution in [0.2, 0.25) is 0 Å². The van der Waals surface area contributed by atoms with Gasteiger partial charge < -0.3 is 11.3 Å². The Kier molecular flexibility index (Phi) is 3.08. The number of hydrogen-bond donors (Lipinski definition) is 2. The van der Waals surface area contributed by atoms with Crippen molar-refractivity contribution in [3.05, 3.63) is 35.4 Å². The van der Waals surface area contributed by atoms with Crippen LogP contribution in [0, 0.1) is 5.41 Å². The molecule has 0 bridgehead atoms. The summed E-state index contributed by atoms with van der Waals surface area (Å²) in [5, 5.41) is 10.1. The molecule has 0 aliphatic carbocycles. The number of rotatable bonds is 2. The number of alkyl halides is 3. The van der Waals surface area contributed by atoms with Gasteiger partial charge in [-0.1, -0.05) is 12.1 Å². The third-order valence-corrected chi connectivity index (χ3v) is 1.76. The summed E-state index contributed by atoms with van der Waals surface area (Å²) in [6.07, 6.45) is -3.60. The van der Waals surface area contributed by atoms with Gasteiger partial charge in [0.2, 0.25) is 0 Å². The Balaban J connectivity index is 3.19. The molecule has 0 aliphatic rings. The van der Waals surface area contributed by atoms with Gasteiger partial charge in [-0.25, -0.2) is 0 Å². The molecule has 0 aliphatic heterocycles. The van der Waals surface area contributed by atoms with E-state index in [1.807, 2.05) is 0 Å². The smallest absolute Gasteiger partial charge is 0.323 e. The molecular formula is C9H8F3N3. The molecule has 6 heteroatoms. The third-order valence-electron chi connectivity index (χ3n) is 1.76. The third kappa shape index (κ3) is 2.55. The highest BCUT2D eigenvalue weighted by Crippen LogP contribution is 2.29. The molecule has 0 fully saturated rings. The lowest BCUT2D eigenvalue weighted by Crippen LogP contribution is -2.09. The van der Waals surface area contributed by atoms with Gasteiger partial charge in [-0.2, -0.15) is 18.3 Å². The highest BCUT2D eigenvalue weighted by Gasteiger charge is 2.30. The predicted molar refractivity (Wildman–Crippen MR) is 51.0 cm³/mol. The summed E-state index contributed by atoms with van der Waals surface area (Å²) < 4.78 is 36.9. The first-order valence-corrected chi connectivity index (χ1v) is 3.95. The molecule has 0 atom stereocenters. The standard InChI is InChI=1S/C9H8F3N3/c10-9(11,12)7-3-1-2-6(4-7)8(5-13)15-14/h1-5,13H,14H2/b13-5?,15-8+. The van der Waals surface area contributed by atoms with Crippen molar-refractivity contribution in [1.29, 1.82) is 5.41 Å². The van der Waals surface area contributed by atoms with Crippen molar-refractivity contribution in [2.24, 2.45) is 10.9 Å². The normalized spacial score (nSPS) is 12.6. The second-order valence-electron chi connectivity index (χ2n) is 2.74. The molecule has 15 heavy (non-hydrogen) atoms. The number of benzene rings is 1. The van der Waals surface area contributed by atoms with E-state index in [0.29, 0.717) is 0 Å². The lowest BCUT2D eigenvalue weighted by molar-refractivity contribution is -0.137. The average molecular weight is 215 g/mol. The van der Waals surface area contributed by atoms with Crippen LogP contribution in [0.5, 0.6) is 0 Å². The Morgan fingerprint density at radius 1 is 1.40 bits per heavy atom. The molecule has 0 radical (unpaired) electrons. The minimum absolute atomic E-state index is 0.00102. The lowest BCUT2D eigenvalue weighted by atomic mass is 10.1. The Labute approximate surface area is 83.9 Å². The molecule has 80 valence electrons. The first-order valence-electron chi connectivity index (χ1n) is 3.95. The second-order valence-corrected chi connectivity index (χ2v) is 2.74. The summed E-state index contributed by atoms with van der Waals surface area (Å²) in [5.41, 5.74) is -0.619. The van der Waals surface area contributed by atoms with E-state index in [1.165, 1.54) is 12.1 Å². The summed E-state index contributed by atoms with van der Waals surface area (Å²) in [6, 6.07) is 4.50. The summed E-state index contributed by atoms with van der Waals surface area (Å²) >= 11 is 0. The number of halogens is 3. The van der Waals surface area contributed by atoms with Crippen molar-refractivity contribution < 1.29 is 13.2 Å². The maximum absolute atomic E-state index is 12.3. The molecule has 0 saturated heterocycles. The van der Waals surface area contributed by atoms with Gasteiger partial charge in [0.15, 0.2) is 0 Å².